The zero-order valence-corrected chi connectivity index (χ0v) is 12.3. The highest BCUT2D eigenvalue weighted by Gasteiger charge is 2.34. The van der Waals surface area contributed by atoms with Crippen LogP contribution in [-0.2, 0) is 5.41 Å². The van der Waals surface area contributed by atoms with Gasteiger partial charge < -0.3 is 16.8 Å². The van der Waals surface area contributed by atoms with Crippen LogP contribution in [0.15, 0.2) is 48.5 Å². The number of hydrogen-bond acceptors (Lipinski definition) is 3. The monoisotopic (exact) mass is 281 g/mol. The fourth-order valence-electron chi connectivity index (χ4n) is 3.42. The van der Waals surface area contributed by atoms with Crippen molar-refractivity contribution in [1.82, 2.24) is 5.32 Å². The molecular weight excluding hydrogens is 258 g/mol. The van der Waals surface area contributed by atoms with Crippen molar-refractivity contribution in [2.24, 2.45) is 0 Å². The molecule has 3 heteroatoms. The summed E-state index contributed by atoms with van der Waals surface area (Å²) in [4.78, 5) is 0. The lowest BCUT2D eigenvalue weighted by Crippen LogP contribution is -2.29. The molecule has 1 fully saturated rings. The molecule has 0 radical (unpaired) electrons. The van der Waals surface area contributed by atoms with Crippen LogP contribution in [0.3, 0.4) is 0 Å². The molecule has 0 spiro atoms. The minimum absolute atomic E-state index is 0.0604. The molecule has 2 aromatic carbocycles. The molecule has 0 unspecified atom stereocenters. The maximum atomic E-state index is 5.86. The number of nitrogens with one attached hydrogen (secondary N) is 1. The molecule has 1 aliphatic heterocycles. The number of rotatable bonds is 2. The molecule has 0 aromatic heterocycles. The van der Waals surface area contributed by atoms with Crippen molar-refractivity contribution in [3.63, 3.8) is 0 Å². The second-order valence-electron chi connectivity index (χ2n) is 5.93. The van der Waals surface area contributed by atoms with Crippen LogP contribution in [0, 0.1) is 0 Å². The molecule has 1 saturated heterocycles. The second kappa shape index (κ2) is 5.78. The first-order valence-corrected chi connectivity index (χ1v) is 7.63. The summed E-state index contributed by atoms with van der Waals surface area (Å²) < 4.78 is 0. The maximum absolute atomic E-state index is 5.86. The standard InChI is InChI=1S/C18H23N3/c19-16-6-2-14(3-7-16)18(10-1-12-21-13-11-18)15-4-8-17(20)9-5-15/h2-9,21H,1,10-13,19-20H2. The smallest absolute Gasteiger partial charge is 0.0314 e. The van der Waals surface area contributed by atoms with Gasteiger partial charge in [-0.1, -0.05) is 24.3 Å². The van der Waals surface area contributed by atoms with Crippen LogP contribution in [0.5, 0.6) is 0 Å². The van der Waals surface area contributed by atoms with Crippen molar-refractivity contribution in [2.75, 3.05) is 24.6 Å². The Morgan fingerprint density at radius 2 is 1.24 bits per heavy atom. The summed E-state index contributed by atoms with van der Waals surface area (Å²) in [5, 5.41) is 3.51. The summed E-state index contributed by atoms with van der Waals surface area (Å²) in [6, 6.07) is 16.7. The third-order valence-electron chi connectivity index (χ3n) is 4.61. The average Bonchev–Trinajstić information content (AvgIpc) is 2.75. The van der Waals surface area contributed by atoms with Gasteiger partial charge in [-0.2, -0.15) is 0 Å². The first kappa shape index (κ1) is 14.0. The lowest BCUT2D eigenvalue weighted by molar-refractivity contribution is 0.458. The van der Waals surface area contributed by atoms with Crippen molar-refractivity contribution in [3.8, 4) is 0 Å². The van der Waals surface area contributed by atoms with Crippen molar-refractivity contribution in [2.45, 2.75) is 24.7 Å². The maximum Gasteiger partial charge on any atom is 0.0314 e. The van der Waals surface area contributed by atoms with Gasteiger partial charge in [0.15, 0.2) is 0 Å². The first-order valence-electron chi connectivity index (χ1n) is 7.63. The second-order valence-corrected chi connectivity index (χ2v) is 5.93. The van der Waals surface area contributed by atoms with Crippen LogP contribution in [0.1, 0.15) is 30.4 Å². The molecule has 2 aromatic rings. The van der Waals surface area contributed by atoms with E-state index in [1.54, 1.807) is 0 Å². The van der Waals surface area contributed by atoms with Crippen molar-refractivity contribution in [3.05, 3.63) is 59.7 Å². The molecule has 1 heterocycles. The van der Waals surface area contributed by atoms with Crippen LogP contribution in [0.2, 0.25) is 0 Å². The lowest BCUT2D eigenvalue weighted by Gasteiger charge is -2.34. The van der Waals surface area contributed by atoms with Crippen molar-refractivity contribution < 1.29 is 0 Å². The van der Waals surface area contributed by atoms with Gasteiger partial charge in [-0.25, -0.2) is 0 Å². The predicted octanol–water partition coefficient (Wildman–Crippen LogP) is 2.91. The van der Waals surface area contributed by atoms with Crippen LogP contribution in [0.25, 0.3) is 0 Å². The minimum atomic E-state index is 0.0604. The quantitative estimate of drug-likeness (QED) is 0.742. The zero-order chi connectivity index (χ0) is 14.7. The Bertz CT molecular complexity index is 531. The number of benzene rings is 2. The third kappa shape index (κ3) is 2.74. The van der Waals surface area contributed by atoms with E-state index in [9.17, 15) is 0 Å². The normalized spacial score (nSPS) is 18.1. The van der Waals surface area contributed by atoms with Gasteiger partial charge in [0.1, 0.15) is 0 Å². The largest absolute Gasteiger partial charge is 0.399 e. The molecule has 1 aliphatic rings. The number of hydrogen-bond donors (Lipinski definition) is 3. The first-order chi connectivity index (χ1) is 10.2. The van der Waals surface area contributed by atoms with Gasteiger partial charge >= 0.3 is 0 Å². The van der Waals surface area contributed by atoms with Crippen LogP contribution < -0.4 is 16.8 Å². The number of anilines is 2. The van der Waals surface area contributed by atoms with E-state index < -0.39 is 0 Å². The Labute approximate surface area is 126 Å². The van der Waals surface area contributed by atoms with E-state index >= 15 is 0 Å². The van der Waals surface area contributed by atoms with Crippen LogP contribution in [-0.4, -0.2) is 13.1 Å². The number of nitrogen functional groups attached to an aromatic ring is 2. The predicted molar refractivity (Wildman–Crippen MR) is 89.2 cm³/mol. The fourth-order valence-corrected chi connectivity index (χ4v) is 3.42. The summed E-state index contributed by atoms with van der Waals surface area (Å²) in [6.07, 6.45) is 3.42. The summed E-state index contributed by atoms with van der Waals surface area (Å²) in [5.41, 5.74) is 16.1. The van der Waals surface area contributed by atoms with Crippen molar-refractivity contribution >= 4 is 11.4 Å². The van der Waals surface area contributed by atoms with Crippen molar-refractivity contribution in [1.29, 1.82) is 0 Å². The molecule has 3 rings (SSSR count). The molecule has 0 saturated carbocycles. The summed E-state index contributed by atoms with van der Waals surface area (Å²) in [7, 11) is 0. The average molecular weight is 281 g/mol. The molecule has 0 bridgehead atoms. The molecule has 5 N–H and O–H groups in total. The molecule has 0 atom stereocenters. The molecule has 0 aliphatic carbocycles. The Hall–Kier alpha value is -2.00. The van der Waals surface area contributed by atoms with Gasteiger partial charge in [0, 0.05) is 16.8 Å². The fraction of sp³-hybridized carbons (Fsp3) is 0.333. The molecular formula is C18H23N3. The SMILES string of the molecule is Nc1ccc(C2(c3ccc(N)cc3)CCCNCC2)cc1. The number of nitrogens with two attached hydrogens (primary N) is 2. The van der Waals surface area contributed by atoms with E-state index in [1.165, 1.54) is 17.5 Å². The van der Waals surface area contributed by atoms with E-state index in [2.05, 4.69) is 29.6 Å². The van der Waals surface area contributed by atoms with Gasteiger partial charge in [0.05, 0.1) is 0 Å². The van der Waals surface area contributed by atoms with Crippen LogP contribution >= 0.6 is 0 Å². The summed E-state index contributed by atoms with van der Waals surface area (Å²) in [5.74, 6) is 0. The Kier molecular flexibility index (Phi) is 3.84. The minimum Gasteiger partial charge on any atom is -0.399 e. The van der Waals surface area contributed by atoms with E-state index in [0.29, 0.717) is 0 Å². The molecule has 110 valence electrons. The summed E-state index contributed by atoms with van der Waals surface area (Å²) >= 11 is 0. The van der Waals surface area contributed by atoms with Crippen LogP contribution in [0.4, 0.5) is 11.4 Å². The van der Waals surface area contributed by atoms with Gasteiger partial charge in [-0.15, -0.1) is 0 Å². The Balaban J connectivity index is 2.09. The van der Waals surface area contributed by atoms with Gasteiger partial charge in [-0.3, -0.25) is 0 Å². The van der Waals surface area contributed by atoms with Gasteiger partial charge in [0.2, 0.25) is 0 Å². The zero-order valence-electron chi connectivity index (χ0n) is 12.3. The Morgan fingerprint density at radius 3 is 1.76 bits per heavy atom. The summed E-state index contributed by atoms with van der Waals surface area (Å²) in [6.45, 7) is 2.13. The molecule has 0 amide bonds. The highest BCUT2D eigenvalue weighted by molar-refractivity contribution is 5.49. The topological polar surface area (TPSA) is 64.1 Å². The highest BCUT2D eigenvalue weighted by atomic mass is 14.9. The van der Waals surface area contributed by atoms with Gasteiger partial charge in [-0.05, 0) is 67.7 Å². The Morgan fingerprint density at radius 1 is 0.714 bits per heavy atom. The third-order valence-corrected chi connectivity index (χ3v) is 4.61. The lowest BCUT2D eigenvalue weighted by atomic mass is 9.69. The van der Waals surface area contributed by atoms with E-state index in [0.717, 1.165) is 37.3 Å². The highest BCUT2D eigenvalue weighted by Crippen LogP contribution is 2.41. The van der Waals surface area contributed by atoms with Gasteiger partial charge in [0.25, 0.3) is 0 Å². The molecule has 3 nitrogen and oxygen atoms in total. The molecule has 21 heavy (non-hydrogen) atoms. The van der Waals surface area contributed by atoms with E-state index in [-0.39, 0.29) is 5.41 Å². The van der Waals surface area contributed by atoms with E-state index in [4.69, 9.17) is 11.5 Å². The van der Waals surface area contributed by atoms with E-state index in [1.807, 2.05) is 24.3 Å².